The van der Waals surface area contributed by atoms with Crippen molar-refractivity contribution < 1.29 is 52.4 Å². The van der Waals surface area contributed by atoms with Crippen LogP contribution in [0.3, 0.4) is 0 Å². The van der Waals surface area contributed by atoms with Crippen LogP contribution in [0.5, 0.6) is 0 Å². The summed E-state index contributed by atoms with van der Waals surface area (Å²) in [5.74, 6) is -5.33. The van der Waals surface area contributed by atoms with E-state index in [1.54, 1.807) is 0 Å². The van der Waals surface area contributed by atoms with Crippen molar-refractivity contribution in [3.05, 3.63) is 0 Å². The zero-order chi connectivity index (χ0) is 22.6. The van der Waals surface area contributed by atoms with Gasteiger partial charge in [0.25, 0.3) is 5.79 Å². The maximum atomic E-state index is 12.7. The van der Waals surface area contributed by atoms with Gasteiger partial charge < -0.3 is 33.7 Å². The Morgan fingerprint density at radius 2 is 1.80 bits per heavy atom. The second-order valence-corrected chi connectivity index (χ2v) is 6.94. The fraction of sp³-hybridized carbons (Fsp3) is 0.722. The molecule has 0 aliphatic carbocycles. The van der Waals surface area contributed by atoms with Crippen molar-refractivity contribution in [3.63, 3.8) is 0 Å². The normalized spacial score (nSPS) is 31.0. The number of rotatable bonds is 7. The minimum absolute atomic E-state index is 0.238. The van der Waals surface area contributed by atoms with Gasteiger partial charge in [-0.05, 0) is 0 Å². The first-order chi connectivity index (χ1) is 14.0. The van der Waals surface area contributed by atoms with Crippen LogP contribution in [0.1, 0.15) is 34.1 Å². The number of cyclic esters (lactones) is 1. The number of methoxy groups -OCH3 is 1. The number of fused-ring (bicyclic) bond motifs is 2. The molecule has 168 valence electrons. The zero-order valence-corrected chi connectivity index (χ0v) is 17.3. The number of carbonyl (C=O) groups excluding carboxylic acids is 5. The van der Waals surface area contributed by atoms with Crippen LogP contribution >= 0.6 is 0 Å². The smallest absolute Gasteiger partial charge is 0.367 e. The molecule has 0 radical (unpaired) electrons. The lowest BCUT2D eigenvalue weighted by atomic mass is 9.86. The summed E-state index contributed by atoms with van der Waals surface area (Å²) < 4.78 is 32.0. The fourth-order valence-electron chi connectivity index (χ4n) is 3.48. The molecule has 0 saturated carbocycles. The highest BCUT2D eigenvalue weighted by Gasteiger charge is 2.63. The van der Waals surface area contributed by atoms with Crippen LogP contribution in [0.2, 0.25) is 0 Å². The van der Waals surface area contributed by atoms with Gasteiger partial charge in [-0.25, -0.2) is 4.79 Å². The largest absolute Gasteiger partial charge is 0.462 e. The van der Waals surface area contributed by atoms with E-state index in [0.29, 0.717) is 0 Å². The molecule has 6 atom stereocenters. The third-order valence-corrected chi connectivity index (χ3v) is 4.58. The molecule has 2 fully saturated rings. The van der Waals surface area contributed by atoms with E-state index in [2.05, 4.69) is 5.32 Å². The summed E-state index contributed by atoms with van der Waals surface area (Å²) in [6.07, 6.45) is -4.93. The molecule has 2 saturated heterocycles. The SMILES string of the molecule is CO[C@]12C[C@H](OC(C)=O)[C@@H](NC(C)=O)[C@H](O1)[C@@H]([C@@H](COC(C)=O)OC(C)=O)OC2=O. The molecular weight excluding hydrogens is 406 g/mol. The lowest BCUT2D eigenvalue weighted by Gasteiger charge is -2.52. The van der Waals surface area contributed by atoms with E-state index in [-0.39, 0.29) is 6.42 Å². The maximum Gasteiger partial charge on any atom is 0.367 e. The molecule has 2 aliphatic heterocycles. The summed E-state index contributed by atoms with van der Waals surface area (Å²) in [6.45, 7) is 4.27. The van der Waals surface area contributed by atoms with Crippen molar-refractivity contribution in [2.24, 2.45) is 0 Å². The molecule has 30 heavy (non-hydrogen) atoms. The Labute approximate surface area is 172 Å². The summed E-state index contributed by atoms with van der Waals surface area (Å²) in [5, 5.41) is 2.62. The van der Waals surface area contributed by atoms with Crippen LogP contribution < -0.4 is 5.32 Å². The van der Waals surface area contributed by atoms with Gasteiger partial charge in [0, 0.05) is 34.8 Å². The van der Waals surface area contributed by atoms with Crippen LogP contribution in [0, 0.1) is 0 Å². The summed E-state index contributed by atoms with van der Waals surface area (Å²) in [6, 6.07) is -0.969. The van der Waals surface area contributed by atoms with E-state index < -0.39 is 72.6 Å². The van der Waals surface area contributed by atoms with Gasteiger partial charge in [0.2, 0.25) is 5.91 Å². The Hall–Kier alpha value is -2.73. The van der Waals surface area contributed by atoms with Crippen LogP contribution in [0.4, 0.5) is 0 Å². The Morgan fingerprint density at radius 3 is 2.30 bits per heavy atom. The average Bonchev–Trinajstić information content (AvgIpc) is 2.63. The third kappa shape index (κ3) is 5.25. The van der Waals surface area contributed by atoms with E-state index in [9.17, 15) is 24.0 Å². The van der Waals surface area contributed by atoms with Crippen LogP contribution in [0.15, 0.2) is 0 Å². The molecule has 0 aromatic rings. The van der Waals surface area contributed by atoms with Gasteiger partial charge in [-0.3, -0.25) is 19.2 Å². The average molecular weight is 431 g/mol. The molecular formula is C18H25NO11. The number of hydrogen-bond acceptors (Lipinski definition) is 11. The Bertz CT molecular complexity index is 723. The van der Waals surface area contributed by atoms with E-state index in [1.807, 2.05) is 0 Å². The molecule has 1 N–H and O–H groups in total. The second kappa shape index (κ2) is 9.39. The van der Waals surface area contributed by atoms with Gasteiger partial charge in [-0.15, -0.1) is 0 Å². The quantitative estimate of drug-likeness (QED) is 0.389. The molecule has 0 aromatic heterocycles. The molecule has 0 spiro atoms. The topological polar surface area (TPSA) is 153 Å². The summed E-state index contributed by atoms with van der Waals surface area (Å²) >= 11 is 0. The second-order valence-electron chi connectivity index (χ2n) is 6.94. The molecule has 2 bridgehead atoms. The van der Waals surface area contributed by atoms with Gasteiger partial charge in [0.05, 0.1) is 12.5 Å². The van der Waals surface area contributed by atoms with E-state index in [0.717, 1.165) is 13.8 Å². The molecule has 12 heteroatoms. The van der Waals surface area contributed by atoms with Crippen molar-refractivity contribution in [1.29, 1.82) is 0 Å². The minimum atomic E-state index is -1.89. The lowest BCUT2D eigenvalue weighted by molar-refractivity contribution is -0.338. The molecule has 2 aliphatic rings. The van der Waals surface area contributed by atoms with Crippen LogP contribution in [-0.4, -0.2) is 79.7 Å². The van der Waals surface area contributed by atoms with Gasteiger partial charge in [0.15, 0.2) is 12.2 Å². The van der Waals surface area contributed by atoms with Crippen molar-refractivity contribution in [2.75, 3.05) is 13.7 Å². The maximum absolute atomic E-state index is 12.7. The summed E-state index contributed by atoms with van der Waals surface area (Å²) in [7, 11) is 1.21. The van der Waals surface area contributed by atoms with Gasteiger partial charge >= 0.3 is 23.9 Å². The van der Waals surface area contributed by atoms with Crippen molar-refractivity contribution in [3.8, 4) is 0 Å². The lowest BCUT2D eigenvalue weighted by Crippen LogP contribution is -2.73. The Kier molecular flexibility index (Phi) is 7.37. The van der Waals surface area contributed by atoms with Crippen molar-refractivity contribution in [1.82, 2.24) is 5.32 Å². The standard InChI is InChI=1S/C18H25NO11/c1-8(20)19-14-12(27-10(3)22)6-18(25-5)17(24)29-15(16(14)30-18)13(28-11(4)23)7-26-9(2)21/h12-16H,6-7H2,1-5H3,(H,19,20)/t12-,13+,14+,15+,16-,18+/m0/s1. The molecule has 1 amide bonds. The number of hydrogen-bond donors (Lipinski definition) is 1. The highest BCUT2D eigenvalue weighted by molar-refractivity contribution is 5.80. The predicted octanol–water partition coefficient (Wildman–Crippen LogP) is -1.03. The molecule has 2 rings (SSSR count). The van der Waals surface area contributed by atoms with Crippen LogP contribution in [0.25, 0.3) is 0 Å². The number of carbonyl (C=O) groups is 5. The van der Waals surface area contributed by atoms with Crippen LogP contribution in [-0.2, 0) is 52.4 Å². The number of nitrogens with one attached hydrogen (secondary N) is 1. The Balaban J connectivity index is 2.45. The van der Waals surface area contributed by atoms with Gasteiger partial charge in [0.1, 0.15) is 18.8 Å². The van der Waals surface area contributed by atoms with Crippen molar-refractivity contribution in [2.45, 2.75) is 70.4 Å². The fourth-order valence-corrected chi connectivity index (χ4v) is 3.48. The monoisotopic (exact) mass is 431 g/mol. The van der Waals surface area contributed by atoms with Gasteiger partial charge in [-0.2, -0.15) is 0 Å². The Morgan fingerprint density at radius 1 is 1.13 bits per heavy atom. The first kappa shape index (κ1) is 23.5. The predicted molar refractivity (Wildman–Crippen MR) is 94.5 cm³/mol. The molecule has 0 aromatic carbocycles. The van der Waals surface area contributed by atoms with E-state index in [1.165, 1.54) is 21.0 Å². The van der Waals surface area contributed by atoms with Gasteiger partial charge in [-0.1, -0.05) is 0 Å². The first-order valence-corrected chi connectivity index (χ1v) is 9.18. The van der Waals surface area contributed by atoms with Crippen molar-refractivity contribution >= 4 is 29.8 Å². The number of esters is 4. The first-order valence-electron chi connectivity index (χ1n) is 9.18. The third-order valence-electron chi connectivity index (χ3n) is 4.58. The van der Waals surface area contributed by atoms with E-state index in [4.69, 9.17) is 28.4 Å². The van der Waals surface area contributed by atoms with E-state index >= 15 is 0 Å². The summed E-state index contributed by atoms with van der Waals surface area (Å²) in [4.78, 5) is 58.9. The highest BCUT2D eigenvalue weighted by Crippen LogP contribution is 2.40. The molecule has 12 nitrogen and oxygen atoms in total. The summed E-state index contributed by atoms with van der Waals surface area (Å²) in [5.41, 5.74) is 0. The zero-order valence-electron chi connectivity index (χ0n) is 17.3. The minimum Gasteiger partial charge on any atom is -0.462 e. The highest BCUT2D eigenvalue weighted by atomic mass is 16.8. The molecule has 2 heterocycles. The number of ether oxygens (including phenoxy) is 6. The number of amides is 1. The molecule has 0 unspecified atom stereocenters.